The van der Waals surface area contributed by atoms with E-state index in [0.717, 1.165) is 15.9 Å². The minimum absolute atomic E-state index is 0.701. The Balaban J connectivity index is 1.80. The summed E-state index contributed by atoms with van der Waals surface area (Å²) in [5.41, 5.74) is 1.91. The molecular weight excluding hydrogens is 294 g/mol. The summed E-state index contributed by atoms with van der Waals surface area (Å²) in [6.45, 7) is 0.701. The highest BCUT2D eigenvalue weighted by atomic mass is 79.9. The van der Waals surface area contributed by atoms with Crippen molar-refractivity contribution in [2.75, 3.05) is 5.32 Å². The van der Waals surface area contributed by atoms with Gasteiger partial charge in [0.25, 0.3) is 0 Å². The lowest BCUT2D eigenvalue weighted by molar-refractivity contribution is 1.07. The zero-order valence-corrected chi connectivity index (χ0v) is 11.0. The lowest BCUT2D eigenvalue weighted by Gasteiger charge is -2.06. The van der Waals surface area contributed by atoms with E-state index >= 15 is 0 Å². The van der Waals surface area contributed by atoms with Crippen LogP contribution in [0.1, 0.15) is 5.56 Å². The fourth-order valence-electron chi connectivity index (χ4n) is 1.67. The molecule has 3 rings (SSSR count). The van der Waals surface area contributed by atoms with Crippen LogP contribution in [-0.4, -0.2) is 19.6 Å². The SMILES string of the molecule is Brc1ccc(CNc2nccn3cnnc23)cc1. The molecule has 0 radical (unpaired) electrons. The van der Waals surface area contributed by atoms with Crippen molar-refractivity contribution >= 4 is 27.4 Å². The van der Waals surface area contributed by atoms with Gasteiger partial charge in [-0.1, -0.05) is 28.1 Å². The van der Waals surface area contributed by atoms with Crippen LogP contribution < -0.4 is 5.32 Å². The first kappa shape index (κ1) is 11.2. The summed E-state index contributed by atoms with van der Waals surface area (Å²) in [6, 6.07) is 8.15. The summed E-state index contributed by atoms with van der Waals surface area (Å²) in [6.07, 6.45) is 5.20. The van der Waals surface area contributed by atoms with E-state index in [2.05, 4.69) is 48.6 Å². The molecule has 1 N–H and O–H groups in total. The van der Waals surface area contributed by atoms with Crippen molar-refractivity contribution in [3.63, 3.8) is 0 Å². The van der Waals surface area contributed by atoms with Crippen LogP contribution in [-0.2, 0) is 6.54 Å². The predicted octanol–water partition coefficient (Wildman–Crippen LogP) is 2.50. The lowest BCUT2D eigenvalue weighted by Crippen LogP contribution is -2.03. The molecule has 6 heteroatoms. The van der Waals surface area contributed by atoms with Crippen molar-refractivity contribution in [2.24, 2.45) is 0 Å². The zero-order valence-electron chi connectivity index (χ0n) is 9.42. The first-order valence-electron chi connectivity index (χ1n) is 5.45. The van der Waals surface area contributed by atoms with Gasteiger partial charge in [-0.2, -0.15) is 0 Å². The van der Waals surface area contributed by atoms with Crippen molar-refractivity contribution in [2.45, 2.75) is 6.54 Å². The molecule has 0 aliphatic heterocycles. The average molecular weight is 304 g/mol. The molecule has 0 aliphatic rings. The van der Waals surface area contributed by atoms with Crippen molar-refractivity contribution < 1.29 is 0 Å². The van der Waals surface area contributed by atoms with Crippen molar-refractivity contribution in [3.8, 4) is 0 Å². The minimum Gasteiger partial charge on any atom is -0.363 e. The van der Waals surface area contributed by atoms with Crippen LogP contribution >= 0.6 is 15.9 Å². The van der Waals surface area contributed by atoms with Gasteiger partial charge in [0.1, 0.15) is 6.33 Å². The second-order valence-corrected chi connectivity index (χ2v) is 4.73. The maximum Gasteiger partial charge on any atom is 0.203 e. The number of fused-ring (bicyclic) bond motifs is 1. The summed E-state index contributed by atoms with van der Waals surface area (Å²) in [5, 5.41) is 11.1. The first-order valence-corrected chi connectivity index (χ1v) is 6.25. The monoisotopic (exact) mass is 303 g/mol. The smallest absolute Gasteiger partial charge is 0.203 e. The normalized spacial score (nSPS) is 10.7. The molecule has 1 aromatic carbocycles. The Bertz CT molecular complexity index is 662. The number of benzene rings is 1. The van der Waals surface area contributed by atoms with Gasteiger partial charge in [0.15, 0.2) is 5.82 Å². The zero-order chi connectivity index (χ0) is 12.4. The second kappa shape index (κ2) is 4.73. The number of rotatable bonds is 3. The van der Waals surface area contributed by atoms with Gasteiger partial charge in [-0.15, -0.1) is 10.2 Å². The second-order valence-electron chi connectivity index (χ2n) is 3.82. The Morgan fingerprint density at radius 3 is 2.89 bits per heavy atom. The number of anilines is 1. The van der Waals surface area contributed by atoms with Gasteiger partial charge in [-0.3, -0.25) is 4.40 Å². The molecule has 0 unspecified atom stereocenters. The van der Waals surface area contributed by atoms with Gasteiger partial charge < -0.3 is 5.32 Å². The summed E-state index contributed by atoms with van der Waals surface area (Å²) >= 11 is 3.41. The molecule has 0 atom stereocenters. The number of nitrogens with one attached hydrogen (secondary N) is 1. The molecule has 0 amide bonds. The average Bonchev–Trinajstić information content (AvgIpc) is 2.87. The highest BCUT2D eigenvalue weighted by Gasteiger charge is 2.03. The van der Waals surface area contributed by atoms with Gasteiger partial charge in [-0.05, 0) is 17.7 Å². The largest absolute Gasteiger partial charge is 0.363 e. The van der Waals surface area contributed by atoms with E-state index in [1.54, 1.807) is 12.5 Å². The summed E-state index contributed by atoms with van der Waals surface area (Å²) < 4.78 is 2.90. The maximum atomic E-state index is 4.27. The van der Waals surface area contributed by atoms with Crippen LogP contribution in [0.15, 0.2) is 47.5 Å². The fraction of sp³-hybridized carbons (Fsp3) is 0.0833. The lowest BCUT2D eigenvalue weighted by atomic mass is 10.2. The number of hydrogen-bond donors (Lipinski definition) is 1. The van der Waals surface area contributed by atoms with E-state index in [1.165, 1.54) is 5.56 Å². The molecule has 0 saturated heterocycles. The molecule has 5 nitrogen and oxygen atoms in total. The number of halogens is 1. The minimum atomic E-state index is 0.701. The van der Waals surface area contributed by atoms with Crippen molar-refractivity contribution in [1.82, 2.24) is 19.6 Å². The van der Waals surface area contributed by atoms with Crippen LogP contribution in [0.3, 0.4) is 0 Å². The third-order valence-electron chi connectivity index (χ3n) is 2.59. The van der Waals surface area contributed by atoms with Gasteiger partial charge in [0, 0.05) is 23.4 Å². The van der Waals surface area contributed by atoms with Crippen LogP contribution in [0, 0.1) is 0 Å². The standard InChI is InChI=1S/C12H10BrN5/c13-10-3-1-9(2-4-10)7-15-11-12-17-16-8-18(12)6-5-14-11/h1-6,8H,7H2,(H,14,15). The maximum absolute atomic E-state index is 4.27. The molecule has 3 aromatic rings. The third kappa shape index (κ3) is 2.19. The van der Waals surface area contributed by atoms with E-state index in [1.807, 2.05) is 22.7 Å². The Morgan fingerprint density at radius 2 is 2.06 bits per heavy atom. The van der Waals surface area contributed by atoms with Crippen molar-refractivity contribution in [3.05, 3.63) is 53.0 Å². The highest BCUT2D eigenvalue weighted by Crippen LogP contribution is 2.14. The first-order chi connectivity index (χ1) is 8.83. The molecule has 90 valence electrons. The molecular formula is C12H10BrN5. The molecule has 0 fully saturated rings. The Kier molecular flexibility index (Phi) is 2.93. The van der Waals surface area contributed by atoms with E-state index in [0.29, 0.717) is 6.54 Å². The van der Waals surface area contributed by atoms with Gasteiger partial charge >= 0.3 is 0 Å². The molecule has 2 aromatic heterocycles. The van der Waals surface area contributed by atoms with Crippen LogP contribution in [0.25, 0.3) is 5.65 Å². The highest BCUT2D eigenvalue weighted by molar-refractivity contribution is 9.10. The molecule has 0 aliphatic carbocycles. The summed E-state index contributed by atoms with van der Waals surface area (Å²) in [5.74, 6) is 0.734. The Hall–Kier alpha value is -1.95. The number of aromatic nitrogens is 4. The van der Waals surface area contributed by atoms with Gasteiger partial charge in [0.2, 0.25) is 5.65 Å². The molecule has 0 spiro atoms. The predicted molar refractivity (Wildman–Crippen MR) is 72.3 cm³/mol. The Labute approximate surface area is 112 Å². The van der Waals surface area contributed by atoms with Crippen LogP contribution in [0.2, 0.25) is 0 Å². The van der Waals surface area contributed by atoms with Gasteiger partial charge in [-0.25, -0.2) is 4.98 Å². The number of nitrogens with zero attached hydrogens (tertiary/aromatic N) is 4. The van der Waals surface area contributed by atoms with E-state index in [-0.39, 0.29) is 0 Å². The molecule has 18 heavy (non-hydrogen) atoms. The molecule has 0 saturated carbocycles. The van der Waals surface area contributed by atoms with Gasteiger partial charge in [0.05, 0.1) is 0 Å². The Morgan fingerprint density at radius 1 is 1.22 bits per heavy atom. The van der Waals surface area contributed by atoms with Crippen molar-refractivity contribution in [1.29, 1.82) is 0 Å². The van der Waals surface area contributed by atoms with E-state index in [4.69, 9.17) is 0 Å². The van der Waals surface area contributed by atoms with Crippen LogP contribution in [0.4, 0.5) is 5.82 Å². The molecule has 0 bridgehead atoms. The van der Waals surface area contributed by atoms with Crippen LogP contribution in [0.5, 0.6) is 0 Å². The topological polar surface area (TPSA) is 55.1 Å². The summed E-state index contributed by atoms with van der Waals surface area (Å²) in [4.78, 5) is 4.27. The molecule has 2 heterocycles. The summed E-state index contributed by atoms with van der Waals surface area (Å²) in [7, 11) is 0. The fourth-order valence-corrected chi connectivity index (χ4v) is 1.94. The van der Waals surface area contributed by atoms with E-state index < -0.39 is 0 Å². The quantitative estimate of drug-likeness (QED) is 0.808. The van der Waals surface area contributed by atoms with E-state index in [9.17, 15) is 0 Å². The number of hydrogen-bond acceptors (Lipinski definition) is 4. The third-order valence-corrected chi connectivity index (χ3v) is 3.12.